The maximum atomic E-state index is 13.4. The summed E-state index contributed by atoms with van der Waals surface area (Å²) in [6.07, 6.45) is 1.52. The van der Waals surface area contributed by atoms with Gasteiger partial charge >= 0.3 is 5.97 Å². The summed E-state index contributed by atoms with van der Waals surface area (Å²) in [4.78, 5) is 28.6. The molecule has 0 spiro atoms. The van der Waals surface area contributed by atoms with Crippen molar-refractivity contribution in [1.82, 2.24) is 0 Å². The molecule has 0 N–H and O–H groups in total. The van der Waals surface area contributed by atoms with Crippen molar-refractivity contribution >= 4 is 23.7 Å². The van der Waals surface area contributed by atoms with Gasteiger partial charge in [-0.05, 0) is 42.0 Å². The number of esters is 1. The third kappa shape index (κ3) is 4.73. The van der Waals surface area contributed by atoms with Crippen LogP contribution in [-0.4, -0.2) is 31.4 Å². The first kappa shape index (κ1) is 21.0. The lowest BCUT2D eigenvalue weighted by Gasteiger charge is -2.11. The molecule has 1 heterocycles. The molecule has 32 heavy (non-hydrogen) atoms. The average molecular weight is 431 g/mol. The van der Waals surface area contributed by atoms with Crippen LogP contribution in [0.25, 0.3) is 6.08 Å². The monoisotopic (exact) mass is 431 g/mol. The first-order valence-electron chi connectivity index (χ1n) is 9.71. The van der Waals surface area contributed by atoms with Gasteiger partial charge in [0.25, 0.3) is 0 Å². The molecule has 0 saturated heterocycles. The van der Waals surface area contributed by atoms with Gasteiger partial charge in [0.2, 0.25) is 5.90 Å². The van der Waals surface area contributed by atoms with E-state index in [2.05, 4.69) is 4.99 Å². The van der Waals surface area contributed by atoms with E-state index in [-0.39, 0.29) is 24.0 Å². The van der Waals surface area contributed by atoms with E-state index in [9.17, 15) is 14.0 Å². The van der Waals surface area contributed by atoms with E-state index >= 15 is 0 Å². The Morgan fingerprint density at radius 1 is 1.03 bits per heavy atom. The lowest BCUT2D eigenvalue weighted by molar-refractivity contribution is -0.129. The number of carbonyl (C=O) groups is 2. The third-order valence-electron chi connectivity index (χ3n) is 4.64. The van der Waals surface area contributed by atoms with Gasteiger partial charge in [0.15, 0.2) is 29.6 Å². The molecular weight excluding hydrogens is 413 g/mol. The van der Waals surface area contributed by atoms with Gasteiger partial charge in [-0.15, -0.1) is 0 Å². The number of halogens is 1. The zero-order valence-electron chi connectivity index (χ0n) is 17.1. The molecule has 160 valence electrons. The number of methoxy groups -OCH3 is 1. The van der Waals surface area contributed by atoms with Gasteiger partial charge in [0.05, 0.1) is 7.11 Å². The lowest BCUT2D eigenvalue weighted by atomic mass is 10.1. The molecule has 0 atom stereocenters. The summed E-state index contributed by atoms with van der Waals surface area (Å²) >= 11 is 0. The van der Waals surface area contributed by atoms with E-state index < -0.39 is 11.8 Å². The van der Waals surface area contributed by atoms with E-state index in [1.807, 2.05) is 6.07 Å². The van der Waals surface area contributed by atoms with Gasteiger partial charge in [-0.25, -0.2) is 14.2 Å². The smallest absolute Gasteiger partial charge is 0.363 e. The highest BCUT2D eigenvalue weighted by molar-refractivity contribution is 6.12. The Balaban J connectivity index is 1.51. The third-order valence-corrected chi connectivity index (χ3v) is 4.64. The highest BCUT2D eigenvalue weighted by Gasteiger charge is 2.24. The molecule has 0 aliphatic carbocycles. The fourth-order valence-corrected chi connectivity index (χ4v) is 3.06. The summed E-state index contributed by atoms with van der Waals surface area (Å²) in [6.45, 7) is -0.144. The quantitative estimate of drug-likeness (QED) is 0.314. The van der Waals surface area contributed by atoms with Crippen LogP contribution in [0.3, 0.4) is 0 Å². The maximum Gasteiger partial charge on any atom is 0.363 e. The lowest BCUT2D eigenvalue weighted by Crippen LogP contribution is -2.11. The minimum absolute atomic E-state index is 0.0343. The highest BCUT2D eigenvalue weighted by Crippen LogP contribution is 2.30. The van der Waals surface area contributed by atoms with Gasteiger partial charge in [-0.3, -0.25) is 4.79 Å². The Hall–Kier alpha value is -4.26. The molecule has 4 rings (SSSR count). The van der Waals surface area contributed by atoms with Crippen molar-refractivity contribution in [3.8, 4) is 11.5 Å². The number of ketones is 1. The minimum Gasteiger partial charge on any atom is -0.493 e. The number of rotatable bonds is 7. The topological polar surface area (TPSA) is 74.2 Å². The summed E-state index contributed by atoms with van der Waals surface area (Å²) in [5.74, 6) is -0.446. The predicted octanol–water partition coefficient (Wildman–Crippen LogP) is 4.44. The number of cyclic esters (lactones) is 1. The van der Waals surface area contributed by atoms with Crippen molar-refractivity contribution in [2.45, 2.75) is 0 Å². The number of ether oxygens (including phenoxy) is 3. The van der Waals surface area contributed by atoms with Crippen molar-refractivity contribution in [3.05, 3.63) is 101 Å². The first-order chi connectivity index (χ1) is 15.5. The second-order valence-electron chi connectivity index (χ2n) is 6.83. The first-order valence-corrected chi connectivity index (χ1v) is 9.71. The van der Waals surface area contributed by atoms with Crippen LogP contribution in [0.1, 0.15) is 21.5 Å². The number of benzene rings is 3. The molecule has 0 amide bonds. The van der Waals surface area contributed by atoms with Crippen molar-refractivity contribution in [2.75, 3.05) is 13.7 Å². The van der Waals surface area contributed by atoms with Crippen LogP contribution in [0.15, 0.2) is 83.5 Å². The summed E-state index contributed by atoms with van der Waals surface area (Å²) in [5, 5.41) is 0. The van der Waals surface area contributed by atoms with E-state index in [0.29, 0.717) is 28.2 Å². The van der Waals surface area contributed by atoms with Gasteiger partial charge in [0.1, 0.15) is 5.82 Å². The molecule has 0 radical (unpaired) electrons. The minimum atomic E-state index is -0.642. The zero-order chi connectivity index (χ0) is 22.5. The number of nitrogens with zero attached hydrogens (tertiary/aromatic N) is 1. The van der Waals surface area contributed by atoms with Crippen molar-refractivity contribution < 1.29 is 28.2 Å². The molecule has 0 aromatic heterocycles. The highest BCUT2D eigenvalue weighted by atomic mass is 19.1. The Morgan fingerprint density at radius 3 is 2.59 bits per heavy atom. The SMILES string of the molecule is COc1cc(/C=C2\N=C(c3cccc(F)c3)OC2=O)ccc1OCC(=O)c1ccccc1. The van der Waals surface area contributed by atoms with Crippen LogP contribution in [0.2, 0.25) is 0 Å². The fourth-order valence-electron chi connectivity index (χ4n) is 3.06. The van der Waals surface area contributed by atoms with E-state index in [4.69, 9.17) is 14.2 Å². The summed E-state index contributed by atoms with van der Waals surface area (Å²) in [5.41, 5.74) is 1.60. The van der Waals surface area contributed by atoms with Crippen LogP contribution >= 0.6 is 0 Å². The molecule has 1 aliphatic rings. The number of hydrogen-bond donors (Lipinski definition) is 0. The molecule has 0 unspecified atom stereocenters. The number of Topliss-reactive ketones (excluding diaryl/α,β-unsaturated/α-hetero) is 1. The van der Waals surface area contributed by atoms with Crippen molar-refractivity contribution in [2.24, 2.45) is 4.99 Å². The summed E-state index contributed by atoms with van der Waals surface area (Å²) in [7, 11) is 1.47. The number of carbonyl (C=O) groups excluding carboxylic acids is 2. The van der Waals surface area contributed by atoms with Gasteiger partial charge < -0.3 is 14.2 Å². The summed E-state index contributed by atoms with van der Waals surface area (Å²) < 4.78 is 29.6. The normalized spacial score (nSPS) is 14.1. The maximum absolute atomic E-state index is 13.4. The van der Waals surface area contributed by atoms with Gasteiger partial charge in [-0.2, -0.15) is 0 Å². The Bertz CT molecular complexity index is 1230. The van der Waals surface area contributed by atoms with Crippen LogP contribution in [0.5, 0.6) is 11.5 Å². The Morgan fingerprint density at radius 2 is 1.84 bits per heavy atom. The molecule has 1 aliphatic heterocycles. The van der Waals surface area contributed by atoms with Gasteiger partial charge in [0, 0.05) is 11.1 Å². The predicted molar refractivity (Wildman–Crippen MR) is 116 cm³/mol. The zero-order valence-corrected chi connectivity index (χ0v) is 17.1. The molecule has 0 bridgehead atoms. The Kier molecular flexibility index (Phi) is 6.07. The molecule has 7 heteroatoms. The van der Waals surface area contributed by atoms with Crippen LogP contribution in [0.4, 0.5) is 4.39 Å². The molecule has 0 fully saturated rings. The van der Waals surface area contributed by atoms with E-state index in [1.54, 1.807) is 48.5 Å². The second kappa shape index (κ2) is 9.26. The van der Waals surface area contributed by atoms with Crippen LogP contribution in [-0.2, 0) is 9.53 Å². The number of aliphatic imine (C=N–C) groups is 1. The molecular formula is C25H18FNO5. The molecule has 6 nitrogen and oxygen atoms in total. The van der Waals surface area contributed by atoms with Gasteiger partial charge in [-0.1, -0.05) is 42.5 Å². The van der Waals surface area contributed by atoms with Crippen molar-refractivity contribution in [3.63, 3.8) is 0 Å². The van der Waals surface area contributed by atoms with E-state index in [1.165, 1.54) is 31.4 Å². The number of hydrogen-bond acceptors (Lipinski definition) is 6. The second-order valence-corrected chi connectivity index (χ2v) is 6.83. The molecule has 3 aromatic rings. The Labute approximate surface area is 183 Å². The van der Waals surface area contributed by atoms with Crippen LogP contribution in [0, 0.1) is 5.82 Å². The average Bonchev–Trinajstić information content (AvgIpc) is 3.18. The standard InChI is InChI=1S/C25H18FNO5/c1-30-23-13-16(10-11-22(23)31-15-21(28)17-6-3-2-4-7-17)12-20-25(29)32-24(27-20)18-8-5-9-19(26)14-18/h2-14H,15H2,1H3/b20-12-. The largest absolute Gasteiger partial charge is 0.493 e. The fraction of sp³-hybridized carbons (Fsp3) is 0.0800. The van der Waals surface area contributed by atoms with E-state index in [0.717, 1.165) is 0 Å². The summed E-state index contributed by atoms with van der Waals surface area (Å²) in [6, 6.07) is 19.5. The molecule has 0 saturated carbocycles. The van der Waals surface area contributed by atoms with Crippen LogP contribution < -0.4 is 9.47 Å². The molecule has 3 aromatic carbocycles. The van der Waals surface area contributed by atoms with Crippen molar-refractivity contribution in [1.29, 1.82) is 0 Å².